The van der Waals surface area contributed by atoms with Gasteiger partial charge < -0.3 is 10.8 Å². The van der Waals surface area contributed by atoms with Crippen LogP contribution in [0.4, 0.5) is 4.39 Å². The van der Waals surface area contributed by atoms with Gasteiger partial charge >= 0.3 is 0 Å². The molecule has 5 heteroatoms. The third-order valence-corrected chi connectivity index (χ3v) is 3.82. The predicted molar refractivity (Wildman–Crippen MR) is 72.0 cm³/mol. The van der Waals surface area contributed by atoms with Crippen LogP contribution in [-0.2, 0) is 0 Å². The molecule has 19 heavy (non-hydrogen) atoms. The summed E-state index contributed by atoms with van der Waals surface area (Å²) in [7, 11) is 0. The number of aromatic nitrogens is 1. The van der Waals surface area contributed by atoms with Gasteiger partial charge in [0, 0.05) is 18.6 Å². The number of pyridine rings is 1. The maximum atomic E-state index is 12.8. The van der Waals surface area contributed by atoms with Crippen molar-refractivity contribution in [1.29, 1.82) is 0 Å². The number of halogens is 1. The van der Waals surface area contributed by atoms with Crippen LogP contribution in [0.15, 0.2) is 18.3 Å². The van der Waals surface area contributed by atoms with E-state index in [9.17, 15) is 9.50 Å². The first-order chi connectivity index (χ1) is 9.20. The number of nitrogens with zero attached hydrogens (tertiary/aromatic N) is 2. The van der Waals surface area contributed by atoms with Crippen molar-refractivity contribution in [1.82, 2.24) is 9.88 Å². The minimum Gasteiger partial charge on any atom is -0.395 e. The smallest absolute Gasteiger partial charge is 0.141 e. The lowest BCUT2D eigenvalue weighted by Crippen LogP contribution is -2.42. The lowest BCUT2D eigenvalue weighted by molar-refractivity contribution is 0.0874. The van der Waals surface area contributed by atoms with Crippen LogP contribution in [0, 0.1) is 5.82 Å². The van der Waals surface area contributed by atoms with Gasteiger partial charge in [-0.3, -0.25) is 9.88 Å². The molecule has 2 heterocycles. The molecule has 1 aromatic rings. The van der Waals surface area contributed by atoms with Crippen LogP contribution < -0.4 is 5.73 Å². The SMILES string of the molecule is NC(CCN1CCCCC1CO)c1ccc(F)cn1. The van der Waals surface area contributed by atoms with Crippen molar-refractivity contribution in [3.63, 3.8) is 0 Å². The summed E-state index contributed by atoms with van der Waals surface area (Å²) in [6.45, 7) is 2.09. The summed E-state index contributed by atoms with van der Waals surface area (Å²) in [6, 6.07) is 3.11. The van der Waals surface area contributed by atoms with Crippen LogP contribution in [0.2, 0.25) is 0 Å². The summed E-state index contributed by atoms with van der Waals surface area (Å²) in [5.74, 6) is -0.340. The molecule has 1 saturated heterocycles. The van der Waals surface area contributed by atoms with Crippen LogP contribution in [-0.4, -0.2) is 40.7 Å². The predicted octanol–water partition coefficient (Wildman–Crippen LogP) is 1.46. The van der Waals surface area contributed by atoms with Crippen molar-refractivity contribution in [2.75, 3.05) is 19.7 Å². The Balaban J connectivity index is 1.85. The Morgan fingerprint density at radius 3 is 3.00 bits per heavy atom. The molecular weight excluding hydrogens is 245 g/mol. The van der Waals surface area contributed by atoms with Gasteiger partial charge in [-0.05, 0) is 37.9 Å². The van der Waals surface area contributed by atoms with E-state index in [1.165, 1.54) is 25.1 Å². The molecule has 0 saturated carbocycles. The first-order valence-electron chi connectivity index (χ1n) is 6.92. The molecule has 1 fully saturated rings. The van der Waals surface area contributed by atoms with E-state index in [2.05, 4.69) is 9.88 Å². The first kappa shape index (κ1) is 14.4. The Bertz CT molecular complexity index is 385. The van der Waals surface area contributed by atoms with Gasteiger partial charge in [0.2, 0.25) is 0 Å². The lowest BCUT2D eigenvalue weighted by Gasteiger charge is -2.35. The first-order valence-corrected chi connectivity index (χ1v) is 6.92. The largest absolute Gasteiger partial charge is 0.395 e. The van der Waals surface area contributed by atoms with Gasteiger partial charge in [-0.15, -0.1) is 0 Å². The monoisotopic (exact) mass is 267 g/mol. The van der Waals surface area contributed by atoms with E-state index in [0.29, 0.717) is 0 Å². The highest BCUT2D eigenvalue weighted by Gasteiger charge is 2.22. The highest BCUT2D eigenvalue weighted by molar-refractivity contribution is 5.09. The molecule has 106 valence electrons. The zero-order valence-corrected chi connectivity index (χ0v) is 11.1. The van der Waals surface area contributed by atoms with E-state index < -0.39 is 0 Å². The van der Waals surface area contributed by atoms with E-state index in [-0.39, 0.29) is 24.5 Å². The van der Waals surface area contributed by atoms with Gasteiger partial charge in [0.15, 0.2) is 0 Å². The van der Waals surface area contributed by atoms with Crippen molar-refractivity contribution in [3.05, 3.63) is 29.8 Å². The summed E-state index contributed by atoms with van der Waals surface area (Å²) in [6.07, 6.45) is 5.40. The van der Waals surface area contributed by atoms with Crippen LogP contribution >= 0.6 is 0 Å². The highest BCUT2D eigenvalue weighted by Crippen LogP contribution is 2.19. The van der Waals surface area contributed by atoms with E-state index in [1.807, 2.05) is 0 Å². The molecule has 1 aliphatic rings. The molecule has 4 nitrogen and oxygen atoms in total. The molecule has 0 amide bonds. The topological polar surface area (TPSA) is 62.4 Å². The van der Waals surface area contributed by atoms with Crippen LogP contribution in [0.3, 0.4) is 0 Å². The second kappa shape index (κ2) is 6.93. The molecule has 1 aromatic heterocycles. The fourth-order valence-corrected chi connectivity index (χ4v) is 2.62. The number of aliphatic hydroxyl groups is 1. The van der Waals surface area contributed by atoms with Crippen LogP contribution in [0.1, 0.15) is 37.4 Å². The molecule has 0 bridgehead atoms. The number of hydrogen-bond acceptors (Lipinski definition) is 4. The Morgan fingerprint density at radius 1 is 1.47 bits per heavy atom. The van der Waals surface area contributed by atoms with E-state index >= 15 is 0 Å². The lowest BCUT2D eigenvalue weighted by atomic mass is 10.0. The number of piperidine rings is 1. The fraction of sp³-hybridized carbons (Fsp3) is 0.643. The number of rotatable bonds is 5. The molecule has 2 unspecified atom stereocenters. The zero-order valence-electron chi connectivity index (χ0n) is 11.1. The van der Waals surface area contributed by atoms with E-state index in [0.717, 1.165) is 31.6 Å². The average Bonchev–Trinajstić information content (AvgIpc) is 2.45. The van der Waals surface area contributed by atoms with Crippen molar-refractivity contribution < 1.29 is 9.50 Å². The normalized spacial score (nSPS) is 22.4. The van der Waals surface area contributed by atoms with Gasteiger partial charge in [0.1, 0.15) is 5.82 Å². The molecule has 0 radical (unpaired) electrons. The molecule has 0 aromatic carbocycles. The van der Waals surface area contributed by atoms with Crippen molar-refractivity contribution in [3.8, 4) is 0 Å². The Kier molecular flexibility index (Phi) is 5.24. The Labute approximate surface area is 113 Å². The summed E-state index contributed by atoms with van der Waals surface area (Å²) >= 11 is 0. The summed E-state index contributed by atoms with van der Waals surface area (Å²) < 4.78 is 12.8. The minimum atomic E-state index is -0.340. The van der Waals surface area contributed by atoms with Crippen molar-refractivity contribution >= 4 is 0 Å². The molecule has 0 aliphatic carbocycles. The van der Waals surface area contributed by atoms with Gasteiger partial charge in [0.25, 0.3) is 0 Å². The van der Waals surface area contributed by atoms with Crippen LogP contribution in [0.5, 0.6) is 0 Å². The second-order valence-electron chi connectivity index (χ2n) is 5.16. The van der Waals surface area contributed by atoms with Gasteiger partial charge in [0.05, 0.1) is 18.5 Å². The molecular formula is C14H22FN3O. The number of hydrogen-bond donors (Lipinski definition) is 2. The van der Waals surface area contributed by atoms with Crippen LogP contribution in [0.25, 0.3) is 0 Å². The molecule has 3 N–H and O–H groups in total. The molecule has 1 aliphatic heterocycles. The number of aliphatic hydroxyl groups excluding tert-OH is 1. The summed E-state index contributed by atoms with van der Waals surface area (Å²) in [5.41, 5.74) is 6.80. The second-order valence-corrected chi connectivity index (χ2v) is 5.16. The fourth-order valence-electron chi connectivity index (χ4n) is 2.62. The molecule has 2 rings (SSSR count). The maximum absolute atomic E-state index is 12.8. The third kappa shape index (κ3) is 3.96. The zero-order chi connectivity index (χ0) is 13.7. The summed E-state index contributed by atoms with van der Waals surface area (Å²) in [5, 5.41) is 9.35. The van der Waals surface area contributed by atoms with Crippen molar-refractivity contribution in [2.24, 2.45) is 5.73 Å². The maximum Gasteiger partial charge on any atom is 0.141 e. The average molecular weight is 267 g/mol. The van der Waals surface area contributed by atoms with Gasteiger partial charge in [-0.1, -0.05) is 6.42 Å². The van der Waals surface area contributed by atoms with Crippen molar-refractivity contribution in [2.45, 2.75) is 37.8 Å². The standard InChI is InChI=1S/C14H22FN3O/c15-11-4-5-14(17-9-11)13(16)6-8-18-7-2-1-3-12(18)10-19/h4-5,9,12-13,19H,1-3,6-8,10,16H2. The molecule has 0 spiro atoms. The number of likely N-dealkylation sites (tertiary alicyclic amines) is 1. The quantitative estimate of drug-likeness (QED) is 0.848. The Morgan fingerprint density at radius 2 is 2.32 bits per heavy atom. The highest BCUT2D eigenvalue weighted by atomic mass is 19.1. The third-order valence-electron chi connectivity index (χ3n) is 3.82. The summed E-state index contributed by atoms with van der Waals surface area (Å²) in [4.78, 5) is 6.31. The van der Waals surface area contributed by atoms with E-state index in [1.54, 1.807) is 6.07 Å². The Hall–Kier alpha value is -1.04. The van der Waals surface area contributed by atoms with Gasteiger partial charge in [-0.25, -0.2) is 4.39 Å². The van der Waals surface area contributed by atoms with E-state index in [4.69, 9.17) is 5.73 Å². The molecule has 2 atom stereocenters. The number of nitrogens with two attached hydrogens (primary N) is 1. The van der Waals surface area contributed by atoms with Gasteiger partial charge in [-0.2, -0.15) is 0 Å². The minimum absolute atomic E-state index is 0.179.